The predicted octanol–water partition coefficient (Wildman–Crippen LogP) is 3.08. The van der Waals surface area contributed by atoms with Gasteiger partial charge in [0.1, 0.15) is 17.9 Å². The van der Waals surface area contributed by atoms with Gasteiger partial charge in [-0.05, 0) is 25.1 Å². The standard InChI is InChI=1S/C20H20FN5O2/c1-12-17(19(27)25-15-9-5-6-10-16(15)28-2)18(13-7-3-4-8-14(13)21)26-20(24-12)22-11-23-26/h3-12,17-18H,1-2H3,(H,25,27)(H,22,23,24)/t12-,17-,18-/m0/s1. The van der Waals surface area contributed by atoms with E-state index < -0.39 is 17.8 Å². The van der Waals surface area contributed by atoms with Crippen molar-refractivity contribution in [1.29, 1.82) is 0 Å². The lowest BCUT2D eigenvalue weighted by atomic mass is 9.85. The molecule has 0 saturated heterocycles. The van der Waals surface area contributed by atoms with Crippen molar-refractivity contribution in [2.24, 2.45) is 5.92 Å². The van der Waals surface area contributed by atoms with E-state index in [1.807, 2.05) is 19.1 Å². The number of nitrogens with one attached hydrogen (secondary N) is 2. The SMILES string of the molecule is COc1ccccc1NC(=O)[C@H]1[C@H](C)Nc2ncnn2[C@H]1c1ccccc1F. The number of para-hydroxylation sites is 2. The molecule has 0 aliphatic carbocycles. The highest BCUT2D eigenvalue weighted by molar-refractivity contribution is 5.95. The number of rotatable bonds is 4. The van der Waals surface area contributed by atoms with Crippen LogP contribution in [0, 0.1) is 11.7 Å². The molecule has 4 rings (SSSR count). The average molecular weight is 381 g/mol. The first-order chi connectivity index (χ1) is 13.6. The van der Waals surface area contributed by atoms with Crippen LogP contribution in [0.5, 0.6) is 5.75 Å². The number of hydrogen-bond acceptors (Lipinski definition) is 5. The number of fused-ring (bicyclic) bond motifs is 1. The van der Waals surface area contributed by atoms with Gasteiger partial charge >= 0.3 is 0 Å². The van der Waals surface area contributed by atoms with E-state index in [0.29, 0.717) is 22.9 Å². The van der Waals surface area contributed by atoms with Crippen LogP contribution in [-0.2, 0) is 4.79 Å². The molecule has 0 spiro atoms. The first-order valence-corrected chi connectivity index (χ1v) is 8.94. The van der Waals surface area contributed by atoms with E-state index in [1.165, 1.54) is 12.4 Å². The Kier molecular flexibility index (Phi) is 4.68. The van der Waals surface area contributed by atoms with Crippen molar-refractivity contribution in [3.8, 4) is 5.75 Å². The highest BCUT2D eigenvalue weighted by Crippen LogP contribution is 2.38. The van der Waals surface area contributed by atoms with Gasteiger partial charge in [0.15, 0.2) is 0 Å². The molecule has 7 nitrogen and oxygen atoms in total. The summed E-state index contributed by atoms with van der Waals surface area (Å²) in [5, 5.41) is 10.3. The van der Waals surface area contributed by atoms with Gasteiger partial charge in [-0.1, -0.05) is 30.3 Å². The molecular formula is C20H20FN5O2. The molecule has 0 saturated carbocycles. The normalized spacial score (nSPS) is 20.8. The molecule has 3 atom stereocenters. The van der Waals surface area contributed by atoms with E-state index in [0.717, 1.165) is 0 Å². The monoisotopic (exact) mass is 381 g/mol. The van der Waals surface area contributed by atoms with Crippen molar-refractivity contribution in [3.05, 3.63) is 66.2 Å². The summed E-state index contributed by atoms with van der Waals surface area (Å²) in [7, 11) is 1.54. The van der Waals surface area contributed by atoms with Gasteiger partial charge in [-0.3, -0.25) is 4.79 Å². The van der Waals surface area contributed by atoms with Crippen LogP contribution in [0.4, 0.5) is 16.0 Å². The highest BCUT2D eigenvalue weighted by Gasteiger charge is 2.42. The molecule has 3 aromatic rings. The fourth-order valence-electron chi connectivity index (χ4n) is 3.65. The predicted molar refractivity (Wildman–Crippen MR) is 103 cm³/mol. The first-order valence-electron chi connectivity index (χ1n) is 8.94. The summed E-state index contributed by atoms with van der Waals surface area (Å²) in [4.78, 5) is 17.5. The van der Waals surface area contributed by atoms with Gasteiger partial charge in [-0.2, -0.15) is 10.1 Å². The van der Waals surface area contributed by atoms with Gasteiger partial charge in [0.2, 0.25) is 11.9 Å². The summed E-state index contributed by atoms with van der Waals surface area (Å²) in [6.45, 7) is 1.87. The molecule has 2 aromatic carbocycles. The Hall–Kier alpha value is -3.42. The van der Waals surface area contributed by atoms with Crippen molar-refractivity contribution in [1.82, 2.24) is 14.8 Å². The van der Waals surface area contributed by atoms with Gasteiger partial charge in [0.05, 0.1) is 24.8 Å². The zero-order valence-electron chi connectivity index (χ0n) is 15.5. The lowest BCUT2D eigenvalue weighted by Gasteiger charge is -2.37. The number of aromatic nitrogens is 3. The maximum atomic E-state index is 14.7. The Labute approximate surface area is 161 Å². The molecule has 0 radical (unpaired) electrons. The van der Waals surface area contributed by atoms with E-state index in [2.05, 4.69) is 20.7 Å². The summed E-state index contributed by atoms with van der Waals surface area (Å²) < 4.78 is 21.5. The number of amides is 1. The molecule has 0 bridgehead atoms. The summed E-state index contributed by atoms with van der Waals surface area (Å²) in [5.41, 5.74) is 0.946. The van der Waals surface area contributed by atoms with E-state index in [-0.39, 0.29) is 11.9 Å². The minimum absolute atomic E-state index is 0.265. The minimum Gasteiger partial charge on any atom is -0.495 e. The van der Waals surface area contributed by atoms with Crippen LogP contribution in [0.15, 0.2) is 54.9 Å². The Balaban J connectivity index is 1.75. The van der Waals surface area contributed by atoms with Gasteiger partial charge in [-0.15, -0.1) is 0 Å². The van der Waals surface area contributed by atoms with Crippen molar-refractivity contribution >= 4 is 17.5 Å². The van der Waals surface area contributed by atoms with E-state index >= 15 is 0 Å². The molecule has 2 heterocycles. The summed E-state index contributed by atoms with van der Waals surface area (Å²) >= 11 is 0. The number of anilines is 2. The second kappa shape index (κ2) is 7.30. The van der Waals surface area contributed by atoms with Gasteiger partial charge in [0.25, 0.3) is 0 Å². The molecule has 1 amide bonds. The van der Waals surface area contributed by atoms with E-state index in [4.69, 9.17) is 4.74 Å². The Morgan fingerprint density at radius 1 is 1.21 bits per heavy atom. The Morgan fingerprint density at radius 2 is 1.96 bits per heavy atom. The fraction of sp³-hybridized carbons (Fsp3) is 0.250. The molecule has 1 aliphatic heterocycles. The van der Waals surface area contributed by atoms with Crippen LogP contribution >= 0.6 is 0 Å². The lowest BCUT2D eigenvalue weighted by molar-refractivity contribution is -0.121. The number of carbonyl (C=O) groups is 1. The second-order valence-electron chi connectivity index (χ2n) is 6.64. The third-order valence-electron chi connectivity index (χ3n) is 4.96. The highest BCUT2D eigenvalue weighted by atomic mass is 19.1. The Bertz CT molecular complexity index is 1010. The minimum atomic E-state index is -0.635. The molecule has 0 unspecified atom stereocenters. The van der Waals surface area contributed by atoms with Crippen molar-refractivity contribution in [3.63, 3.8) is 0 Å². The topological polar surface area (TPSA) is 81.1 Å². The largest absolute Gasteiger partial charge is 0.495 e. The van der Waals surface area contributed by atoms with Crippen LogP contribution < -0.4 is 15.4 Å². The maximum Gasteiger partial charge on any atom is 0.232 e. The first kappa shape index (κ1) is 18.0. The zero-order chi connectivity index (χ0) is 19.7. The molecule has 28 heavy (non-hydrogen) atoms. The van der Waals surface area contributed by atoms with E-state index in [9.17, 15) is 9.18 Å². The van der Waals surface area contributed by atoms with Gasteiger partial charge in [0, 0.05) is 11.6 Å². The van der Waals surface area contributed by atoms with Crippen molar-refractivity contribution in [2.45, 2.75) is 19.0 Å². The zero-order valence-corrected chi connectivity index (χ0v) is 15.5. The third-order valence-corrected chi connectivity index (χ3v) is 4.96. The Morgan fingerprint density at radius 3 is 2.75 bits per heavy atom. The van der Waals surface area contributed by atoms with Crippen LogP contribution in [-0.4, -0.2) is 33.8 Å². The molecule has 8 heteroatoms. The van der Waals surface area contributed by atoms with Crippen LogP contribution in [0.2, 0.25) is 0 Å². The average Bonchev–Trinajstić information content (AvgIpc) is 3.16. The number of benzene rings is 2. The number of ether oxygens (including phenoxy) is 1. The second-order valence-corrected chi connectivity index (χ2v) is 6.64. The summed E-state index contributed by atoms with van der Waals surface area (Å²) in [6, 6.07) is 12.7. The smallest absolute Gasteiger partial charge is 0.232 e. The fourth-order valence-corrected chi connectivity index (χ4v) is 3.65. The van der Waals surface area contributed by atoms with Crippen molar-refractivity contribution in [2.75, 3.05) is 17.7 Å². The molecule has 144 valence electrons. The summed E-state index contributed by atoms with van der Waals surface area (Å²) in [5.74, 6) is -0.230. The quantitative estimate of drug-likeness (QED) is 0.726. The van der Waals surface area contributed by atoms with Crippen LogP contribution in [0.25, 0.3) is 0 Å². The number of nitrogens with zero attached hydrogens (tertiary/aromatic N) is 3. The van der Waals surface area contributed by atoms with Crippen LogP contribution in [0.1, 0.15) is 18.5 Å². The lowest BCUT2D eigenvalue weighted by Crippen LogP contribution is -2.47. The van der Waals surface area contributed by atoms with Crippen LogP contribution in [0.3, 0.4) is 0 Å². The number of methoxy groups -OCH3 is 1. The molecule has 1 aliphatic rings. The number of hydrogen-bond donors (Lipinski definition) is 2. The molecule has 1 aromatic heterocycles. The maximum absolute atomic E-state index is 14.7. The molecular weight excluding hydrogens is 361 g/mol. The molecule has 0 fully saturated rings. The summed E-state index contributed by atoms with van der Waals surface area (Å²) in [6.07, 6.45) is 1.39. The van der Waals surface area contributed by atoms with E-state index in [1.54, 1.807) is 42.1 Å². The van der Waals surface area contributed by atoms with Gasteiger partial charge in [-0.25, -0.2) is 9.07 Å². The molecule has 2 N–H and O–H groups in total. The number of halogens is 1. The van der Waals surface area contributed by atoms with Crippen molar-refractivity contribution < 1.29 is 13.9 Å². The number of carbonyl (C=O) groups excluding carboxylic acids is 1. The third kappa shape index (κ3) is 3.06. The van der Waals surface area contributed by atoms with Gasteiger partial charge < -0.3 is 15.4 Å².